The zero-order valence-electron chi connectivity index (χ0n) is 25.7. The van der Waals surface area contributed by atoms with Crippen LogP contribution in [0.2, 0.25) is 0 Å². The molecule has 0 N–H and O–H groups in total. The fourth-order valence-corrected chi connectivity index (χ4v) is 7.76. The maximum Gasteiger partial charge on any atom is 0.0713 e. The third kappa shape index (κ3) is 4.07. The molecule has 0 aliphatic heterocycles. The van der Waals surface area contributed by atoms with Gasteiger partial charge in [-0.3, -0.25) is 0 Å². The molecule has 0 heterocycles. The fourth-order valence-electron chi connectivity index (χ4n) is 7.76. The van der Waals surface area contributed by atoms with Crippen LogP contribution in [0.3, 0.4) is 0 Å². The molecule has 0 spiro atoms. The molecule has 9 rings (SSSR count). The van der Waals surface area contributed by atoms with Crippen molar-refractivity contribution >= 4 is 21.5 Å². The second-order valence-corrected chi connectivity index (χ2v) is 12.6. The van der Waals surface area contributed by atoms with Gasteiger partial charge in [0.15, 0.2) is 0 Å². The lowest BCUT2D eigenvalue weighted by atomic mass is 9.67. The lowest BCUT2D eigenvalue weighted by Crippen LogP contribution is -2.28. The molecule has 0 radical (unpaired) electrons. The van der Waals surface area contributed by atoms with Crippen molar-refractivity contribution in [1.29, 1.82) is 0 Å². The lowest BCUT2D eigenvalue weighted by molar-refractivity contribution is 0.769. The van der Waals surface area contributed by atoms with Crippen molar-refractivity contribution in [3.05, 3.63) is 204 Å². The fraction of sp³-hybridized carbons (Fsp3) is 0.0435. The van der Waals surface area contributed by atoms with E-state index in [1.165, 1.54) is 82.7 Å². The molecule has 0 bridgehead atoms. The quantitative estimate of drug-likeness (QED) is 0.193. The normalized spacial score (nSPS) is 13.1. The first-order chi connectivity index (χ1) is 22.7. The van der Waals surface area contributed by atoms with E-state index in [0.29, 0.717) is 0 Å². The highest BCUT2D eigenvalue weighted by molar-refractivity contribution is 5.93. The van der Waals surface area contributed by atoms with Gasteiger partial charge < -0.3 is 0 Å². The topological polar surface area (TPSA) is 0 Å². The van der Waals surface area contributed by atoms with Crippen LogP contribution < -0.4 is 0 Å². The Bertz CT molecular complexity index is 2380. The van der Waals surface area contributed by atoms with Gasteiger partial charge in [0.05, 0.1) is 5.41 Å². The summed E-state index contributed by atoms with van der Waals surface area (Å²) in [5.74, 6) is 0. The minimum Gasteiger partial charge on any atom is -0.0622 e. The highest BCUT2D eigenvalue weighted by Crippen LogP contribution is 2.57. The van der Waals surface area contributed by atoms with E-state index < -0.39 is 5.41 Å². The maximum absolute atomic E-state index is 2.46. The Balaban J connectivity index is 1.31. The molecule has 0 aromatic heterocycles. The van der Waals surface area contributed by atoms with Crippen LogP contribution >= 0.6 is 0 Å². The van der Waals surface area contributed by atoms with Crippen LogP contribution in [0.5, 0.6) is 0 Å². The van der Waals surface area contributed by atoms with E-state index in [1.807, 2.05) is 0 Å². The first-order valence-corrected chi connectivity index (χ1v) is 16.1. The molecule has 0 saturated heterocycles. The Morgan fingerprint density at radius 1 is 0.326 bits per heavy atom. The highest BCUT2D eigenvalue weighted by Gasteiger charge is 2.46. The van der Waals surface area contributed by atoms with Gasteiger partial charge in [-0.05, 0) is 108 Å². The summed E-state index contributed by atoms with van der Waals surface area (Å²) in [5, 5.41) is 5.07. The van der Waals surface area contributed by atoms with Gasteiger partial charge in [-0.15, -0.1) is 0 Å². The van der Waals surface area contributed by atoms with Gasteiger partial charge in [0.2, 0.25) is 0 Å². The SMILES string of the molecule is Cc1ccc2cc(-c3ccc4c(c3)C(c3ccccc3)(c3ccccc3)c3cc(-c5ccc6ccccc6c5)ccc3-4)ccc2c1. The van der Waals surface area contributed by atoms with Crippen LogP contribution in [0.1, 0.15) is 27.8 Å². The Labute approximate surface area is 270 Å². The molecule has 0 saturated carbocycles. The van der Waals surface area contributed by atoms with E-state index in [4.69, 9.17) is 0 Å². The molecule has 8 aromatic carbocycles. The van der Waals surface area contributed by atoms with E-state index >= 15 is 0 Å². The number of benzene rings is 8. The maximum atomic E-state index is 2.46. The van der Waals surface area contributed by atoms with Crippen LogP contribution in [-0.2, 0) is 5.41 Å². The van der Waals surface area contributed by atoms with Crippen molar-refractivity contribution in [2.75, 3.05) is 0 Å². The Morgan fingerprint density at radius 2 is 0.739 bits per heavy atom. The summed E-state index contributed by atoms with van der Waals surface area (Å²) in [6, 6.07) is 65.4. The number of hydrogen-bond acceptors (Lipinski definition) is 0. The minimum atomic E-state index is -0.468. The zero-order valence-corrected chi connectivity index (χ0v) is 25.7. The summed E-state index contributed by atoms with van der Waals surface area (Å²) in [7, 11) is 0. The van der Waals surface area contributed by atoms with Crippen molar-refractivity contribution < 1.29 is 0 Å². The zero-order chi connectivity index (χ0) is 30.7. The summed E-state index contributed by atoms with van der Waals surface area (Å²) in [5.41, 5.74) is 13.6. The predicted octanol–water partition coefficient (Wildman–Crippen LogP) is 12.0. The molecule has 46 heavy (non-hydrogen) atoms. The van der Waals surface area contributed by atoms with Gasteiger partial charge in [0.1, 0.15) is 0 Å². The smallest absolute Gasteiger partial charge is 0.0622 e. The number of fused-ring (bicyclic) bond motifs is 5. The van der Waals surface area contributed by atoms with Crippen molar-refractivity contribution in [3.63, 3.8) is 0 Å². The second kappa shape index (κ2) is 10.4. The molecule has 0 fully saturated rings. The summed E-state index contributed by atoms with van der Waals surface area (Å²) < 4.78 is 0. The van der Waals surface area contributed by atoms with Crippen molar-refractivity contribution in [3.8, 4) is 33.4 Å². The average Bonchev–Trinajstić information content (AvgIpc) is 3.41. The van der Waals surface area contributed by atoms with Crippen LogP contribution in [0.4, 0.5) is 0 Å². The van der Waals surface area contributed by atoms with Gasteiger partial charge in [-0.1, -0.05) is 157 Å². The molecule has 216 valence electrons. The van der Waals surface area contributed by atoms with E-state index in [-0.39, 0.29) is 0 Å². The highest BCUT2D eigenvalue weighted by atomic mass is 14.5. The standard InChI is InChI=1S/C46H32/c1-31-16-17-35-28-37(21-20-34(35)26-31)39-23-25-43-42-24-22-38(36-19-18-32-10-8-9-11-33(32)27-36)29-44(42)46(45(43)30-39,40-12-4-2-5-13-40)41-14-6-3-7-15-41/h2-30H,1H3. The molecule has 0 heteroatoms. The molecule has 0 amide bonds. The largest absolute Gasteiger partial charge is 0.0713 e. The predicted molar refractivity (Wildman–Crippen MR) is 194 cm³/mol. The second-order valence-electron chi connectivity index (χ2n) is 12.6. The van der Waals surface area contributed by atoms with Gasteiger partial charge in [-0.25, -0.2) is 0 Å². The molecule has 1 aliphatic carbocycles. The number of hydrogen-bond donors (Lipinski definition) is 0. The molecule has 0 unspecified atom stereocenters. The molecular formula is C46H32. The molecular weight excluding hydrogens is 553 g/mol. The summed E-state index contributed by atoms with van der Waals surface area (Å²) in [6.07, 6.45) is 0. The first kappa shape index (κ1) is 26.7. The summed E-state index contributed by atoms with van der Waals surface area (Å²) >= 11 is 0. The molecule has 0 nitrogen and oxygen atoms in total. The van der Waals surface area contributed by atoms with Gasteiger partial charge in [0.25, 0.3) is 0 Å². The van der Waals surface area contributed by atoms with Gasteiger partial charge >= 0.3 is 0 Å². The van der Waals surface area contributed by atoms with Crippen LogP contribution in [0.25, 0.3) is 54.9 Å². The summed E-state index contributed by atoms with van der Waals surface area (Å²) in [6.45, 7) is 2.16. The Kier molecular flexibility index (Phi) is 6.05. The summed E-state index contributed by atoms with van der Waals surface area (Å²) in [4.78, 5) is 0. The lowest BCUT2D eigenvalue weighted by Gasteiger charge is -2.34. The van der Waals surface area contributed by atoms with E-state index in [2.05, 4.69) is 183 Å². The molecule has 0 atom stereocenters. The number of rotatable bonds is 4. The van der Waals surface area contributed by atoms with Crippen molar-refractivity contribution in [2.45, 2.75) is 12.3 Å². The Hall–Kier alpha value is -5.72. The molecule has 1 aliphatic rings. The van der Waals surface area contributed by atoms with E-state index in [0.717, 1.165) is 0 Å². The van der Waals surface area contributed by atoms with E-state index in [9.17, 15) is 0 Å². The minimum absolute atomic E-state index is 0.468. The van der Waals surface area contributed by atoms with Gasteiger partial charge in [-0.2, -0.15) is 0 Å². The third-order valence-corrected chi connectivity index (χ3v) is 9.96. The van der Waals surface area contributed by atoms with E-state index in [1.54, 1.807) is 0 Å². The average molecular weight is 585 g/mol. The number of aryl methyl sites for hydroxylation is 1. The van der Waals surface area contributed by atoms with Crippen molar-refractivity contribution in [1.82, 2.24) is 0 Å². The monoisotopic (exact) mass is 584 g/mol. The first-order valence-electron chi connectivity index (χ1n) is 16.1. The van der Waals surface area contributed by atoms with Crippen LogP contribution in [0, 0.1) is 6.92 Å². The van der Waals surface area contributed by atoms with Crippen molar-refractivity contribution in [2.24, 2.45) is 0 Å². The Morgan fingerprint density at radius 3 is 1.33 bits per heavy atom. The van der Waals surface area contributed by atoms with Crippen LogP contribution in [-0.4, -0.2) is 0 Å². The third-order valence-electron chi connectivity index (χ3n) is 9.96. The molecule has 8 aromatic rings. The van der Waals surface area contributed by atoms with Gasteiger partial charge in [0, 0.05) is 0 Å². The van der Waals surface area contributed by atoms with Crippen LogP contribution in [0.15, 0.2) is 176 Å².